The van der Waals surface area contributed by atoms with Gasteiger partial charge in [0, 0.05) is 17.6 Å². The van der Waals surface area contributed by atoms with Crippen molar-refractivity contribution in [3.63, 3.8) is 0 Å². The molecule has 112 valence electrons. The Morgan fingerprint density at radius 3 is 2.62 bits per heavy atom. The molecule has 0 saturated heterocycles. The smallest absolute Gasteiger partial charge is 0.240 e. The maximum atomic E-state index is 12.9. The van der Waals surface area contributed by atoms with Crippen LogP contribution in [0.4, 0.5) is 4.39 Å². The molecule has 1 N–H and O–H groups in total. The SMILES string of the molecule is O=S(=O)(NCCOc1cccc(F)c1)c1cccc(Cl)c1. The summed E-state index contributed by atoms with van der Waals surface area (Å²) in [4.78, 5) is 0.0840. The number of benzene rings is 2. The highest BCUT2D eigenvalue weighted by Gasteiger charge is 2.13. The van der Waals surface area contributed by atoms with Gasteiger partial charge in [-0.2, -0.15) is 0 Å². The van der Waals surface area contributed by atoms with E-state index in [2.05, 4.69) is 4.72 Å². The lowest BCUT2D eigenvalue weighted by Crippen LogP contribution is -2.28. The van der Waals surface area contributed by atoms with Gasteiger partial charge in [0.15, 0.2) is 0 Å². The third-order valence-corrected chi connectivity index (χ3v) is 4.26. The van der Waals surface area contributed by atoms with E-state index in [9.17, 15) is 12.8 Å². The first-order valence-electron chi connectivity index (χ1n) is 6.11. The van der Waals surface area contributed by atoms with Crippen LogP contribution in [0, 0.1) is 5.82 Å². The minimum absolute atomic E-state index is 0.0609. The molecule has 0 spiro atoms. The summed E-state index contributed by atoms with van der Waals surface area (Å²) >= 11 is 5.75. The van der Waals surface area contributed by atoms with E-state index >= 15 is 0 Å². The number of hydrogen-bond donors (Lipinski definition) is 1. The van der Waals surface area contributed by atoms with Crippen LogP contribution in [-0.2, 0) is 10.0 Å². The van der Waals surface area contributed by atoms with Gasteiger partial charge in [-0.3, -0.25) is 0 Å². The molecule has 0 aliphatic rings. The summed E-state index contributed by atoms with van der Waals surface area (Å²) in [5.74, 6) is -0.0658. The van der Waals surface area contributed by atoms with Gasteiger partial charge in [0.1, 0.15) is 18.2 Å². The van der Waals surface area contributed by atoms with E-state index in [-0.39, 0.29) is 18.0 Å². The maximum absolute atomic E-state index is 12.9. The maximum Gasteiger partial charge on any atom is 0.240 e. The van der Waals surface area contributed by atoms with Crippen LogP contribution in [0.15, 0.2) is 53.4 Å². The average Bonchev–Trinajstić information content (AvgIpc) is 2.44. The molecule has 21 heavy (non-hydrogen) atoms. The van der Waals surface area contributed by atoms with Crippen molar-refractivity contribution in [2.45, 2.75) is 4.90 Å². The molecule has 0 unspecified atom stereocenters. The number of hydrogen-bond acceptors (Lipinski definition) is 3. The van der Waals surface area contributed by atoms with Gasteiger partial charge in [0.05, 0.1) is 4.90 Å². The fraction of sp³-hybridized carbons (Fsp3) is 0.143. The second-order valence-corrected chi connectivity index (χ2v) is 6.36. The Balaban J connectivity index is 1.88. The molecule has 0 atom stereocenters. The summed E-state index contributed by atoms with van der Waals surface area (Å²) in [5, 5.41) is 0.342. The monoisotopic (exact) mass is 329 g/mol. The van der Waals surface area contributed by atoms with Crippen LogP contribution in [0.2, 0.25) is 5.02 Å². The summed E-state index contributed by atoms with van der Waals surface area (Å²) in [6.07, 6.45) is 0. The van der Waals surface area contributed by atoms with Crippen LogP contribution in [0.25, 0.3) is 0 Å². The standard InChI is InChI=1S/C14H13ClFNO3S/c15-11-3-1-6-14(9-11)21(18,19)17-7-8-20-13-5-2-4-12(16)10-13/h1-6,9-10,17H,7-8H2. The number of ether oxygens (including phenoxy) is 1. The van der Waals surface area contributed by atoms with Crippen molar-refractivity contribution in [3.05, 3.63) is 59.4 Å². The third-order valence-electron chi connectivity index (χ3n) is 2.57. The van der Waals surface area contributed by atoms with Crippen molar-refractivity contribution >= 4 is 21.6 Å². The zero-order valence-electron chi connectivity index (χ0n) is 10.9. The molecule has 4 nitrogen and oxygen atoms in total. The predicted octanol–water partition coefficient (Wildman–Crippen LogP) is 2.84. The molecule has 0 radical (unpaired) electrons. The van der Waals surface area contributed by atoms with Crippen LogP contribution in [0.1, 0.15) is 0 Å². The van der Waals surface area contributed by atoms with Crippen molar-refractivity contribution in [1.82, 2.24) is 4.72 Å². The van der Waals surface area contributed by atoms with E-state index in [0.29, 0.717) is 10.8 Å². The summed E-state index contributed by atoms with van der Waals surface area (Å²) in [6, 6.07) is 11.6. The van der Waals surface area contributed by atoms with Gasteiger partial charge >= 0.3 is 0 Å². The molecule has 0 heterocycles. The van der Waals surface area contributed by atoms with Gasteiger partial charge in [-0.1, -0.05) is 23.7 Å². The van der Waals surface area contributed by atoms with Gasteiger partial charge in [0.2, 0.25) is 10.0 Å². The van der Waals surface area contributed by atoms with Crippen molar-refractivity contribution in [2.75, 3.05) is 13.2 Å². The van der Waals surface area contributed by atoms with E-state index in [4.69, 9.17) is 16.3 Å². The molecule has 2 aromatic rings. The third kappa shape index (κ3) is 4.70. The zero-order chi connectivity index (χ0) is 15.3. The summed E-state index contributed by atoms with van der Waals surface area (Å²) in [7, 11) is -3.63. The molecule has 7 heteroatoms. The normalized spacial score (nSPS) is 11.3. The van der Waals surface area contributed by atoms with Gasteiger partial charge in [-0.15, -0.1) is 0 Å². The van der Waals surface area contributed by atoms with Crippen LogP contribution in [0.5, 0.6) is 5.75 Å². The van der Waals surface area contributed by atoms with Gasteiger partial charge < -0.3 is 4.74 Å². The number of rotatable bonds is 6. The number of sulfonamides is 1. The minimum Gasteiger partial charge on any atom is -0.492 e. The predicted molar refractivity (Wildman–Crippen MR) is 78.5 cm³/mol. The van der Waals surface area contributed by atoms with Crippen molar-refractivity contribution < 1.29 is 17.5 Å². The lowest BCUT2D eigenvalue weighted by Gasteiger charge is -2.08. The summed E-state index contributed by atoms with van der Waals surface area (Å²) in [6.45, 7) is 0.147. The fourth-order valence-electron chi connectivity index (χ4n) is 1.62. The average molecular weight is 330 g/mol. The van der Waals surface area contributed by atoms with Crippen LogP contribution < -0.4 is 9.46 Å². The van der Waals surface area contributed by atoms with E-state index in [1.165, 1.54) is 30.3 Å². The molecular formula is C14H13ClFNO3S. The number of nitrogens with one attached hydrogen (secondary N) is 1. The second-order valence-electron chi connectivity index (χ2n) is 4.16. The fourth-order valence-corrected chi connectivity index (χ4v) is 2.93. The van der Waals surface area contributed by atoms with E-state index in [1.54, 1.807) is 18.2 Å². The van der Waals surface area contributed by atoms with Crippen molar-refractivity contribution in [1.29, 1.82) is 0 Å². The molecule has 0 aromatic heterocycles. The van der Waals surface area contributed by atoms with Crippen LogP contribution in [-0.4, -0.2) is 21.6 Å². The Hall–Kier alpha value is -1.63. The Kier molecular flexibility index (Phi) is 5.17. The lowest BCUT2D eigenvalue weighted by molar-refractivity contribution is 0.321. The largest absolute Gasteiger partial charge is 0.492 e. The first-order valence-corrected chi connectivity index (χ1v) is 7.97. The first-order chi connectivity index (χ1) is 9.97. The van der Waals surface area contributed by atoms with Gasteiger partial charge in [-0.25, -0.2) is 17.5 Å². The Bertz CT molecular complexity index is 722. The minimum atomic E-state index is -3.63. The van der Waals surface area contributed by atoms with Gasteiger partial charge in [-0.05, 0) is 30.3 Å². The first kappa shape index (κ1) is 15.8. The number of halogens is 2. The van der Waals surface area contributed by atoms with E-state index < -0.39 is 15.8 Å². The molecule has 0 aliphatic heterocycles. The molecule has 2 aromatic carbocycles. The molecule has 0 bridgehead atoms. The van der Waals surface area contributed by atoms with Crippen molar-refractivity contribution in [3.8, 4) is 5.75 Å². The zero-order valence-corrected chi connectivity index (χ0v) is 12.5. The highest BCUT2D eigenvalue weighted by atomic mass is 35.5. The Morgan fingerprint density at radius 1 is 1.14 bits per heavy atom. The Labute approximate surface area is 127 Å². The lowest BCUT2D eigenvalue weighted by atomic mass is 10.3. The quantitative estimate of drug-likeness (QED) is 0.829. The summed E-state index contributed by atoms with van der Waals surface area (Å²) in [5.41, 5.74) is 0. The highest BCUT2D eigenvalue weighted by molar-refractivity contribution is 7.89. The Morgan fingerprint density at radius 2 is 1.90 bits per heavy atom. The summed E-state index contributed by atoms with van der Waals surface area (Å²) < 4.78 is 44.5. The topological polar surface area (TPSA) is 55.4 Å². The van der Waals surface area contributed by atoms with Crippen LogP contribution >= 0.6 is 11.6 Å². The molecule has 0 saturated carbocycles. The van der Waals surface area contributed by atoms with Gasteiger partial charge in [0.25, 0.3) is 0 Å². The molecular weight excluding hydrogens is 317 g/mol. The molecule has 2 rings (SSSR count). The highest BCUT2D eigenvalue weighted by Crippen LogP contribution is 2.15. The van der Waals surface area contributed by atoms with E-state index in [1.807, 2.05) is 0 Å². The second kappa shape index (κ2) is 6.89. The molecule has 0 amide bonds. The molecule has 0 fully saturated rings. The van der Waals surface area contributed by atoms with E-state index in [0.717, 1.165) is 0 Å². The van der Waals surface area contributed by atoms with Crippen molar-refractivity contribution in [2.24, 2.45) is 0 Å². The molecule has 0 aliphatic carbocycles. The van der Waals surface area contributed by atoms with Crippen LogP contribution in [0.3, 0.4) is 0 Å².